The Kier molecular flexibility index (Phi) is 72.4. The highest BCUT2D eigenvalue weighted by molar-refractivity contribution is 7.47. The first kappa shape index (κ1) is 89.5. The summed E-state index contributed by atoms with van der Waals surface area (Å²) >= 11 is 0. The molecule has 0 aromatic carbocycles. The number of nitrogens with one attached hydrogen (secondary N) is 1. The number of unbranched alkanes of at least 4 members (excludes halogenated alkanes) is 66. The molecule has 0 aliphatic rings. The van der Waals surface area contributed by atoms with Crippen molar-refractivity contribution in [3.63, 3.8) is 0 Å². The molecule has 540 valence electrons. The summed E-state index contributed by atoms with van der Waals surface area (Å²) in [7, 11) is 1.65. The van der Waals surface area contributed by atoms with Crippen LogP contribution in [-0.2, 0) is 18.4 Å². The van der Waals surface area contributed by atoms with Crippen LogP contribution in [0.3, 0.4) is 0 Å². The van der Waals surface area contributed by atoms with Crippen molar-refractivity contribution < 1.29 is 32.9 Å². The van der Waals surface area contributed by atoms with Gasteiger partial charge < -0.3 is 19.8 Å². The third-order valence-electron chi connectivity index (χ3n) is 19.9. The number of likely N-dealkylation sites (N-methyl/N-ethyl adjacent to an activating group) is 1. The molecule has 1 amide bonds. The van der Waals surface area contributed by atoms with Gasteiger partial charge in [0.2, 0.25) is 5.91 Å². The highest BCUT2D eigenvalue weighted by atomic mass is 31.2. The van der Waals surface area contributed by atoms with E-state index >= 15 is 0 Å². The number of phosphoric acid groups is 1. The molecule has 0 aromatic rings. The molecule has 9 heteroatoms. The van der Waals surface area contributed by atoms with Crippen molar-refractivity contribution in [1.29, 1.82) is 0 Å². The Hall–Kier alpha value is -0.500. The van der Waals surface area contributed by atoms with Gasteiger partial charge in [0.15, 0.2) is 0 Å². The molecule has 3 unspecified atom stereocenters. The molecule has 0 rings (SSSR count). The first-order valence-corrected chi connectivity index (χ1v) is 42.9. The van der Waals surface area contributed by atoms with E-state index < -0.39 is 20.0 Å². The van der Waals surface area contributed by atoms with Gasteiger partial charge >= 0.3 is 7.82 Å². The first-order valence-electron chi connectivity index (χ1n) is 41.4. The molecule has 3 atom stereocenters. The van der Waals surface area contributed by atoms with Crippen LogP contribution in [0.1, 0.15) is 463 Å². The lowest BCUT2D eigenvalue weighted by molar-refractivity contribution is -0.870. The molecule has 0 aliphatic heterocycles. The maximum absolute atomic E-state index is 13.1. The highest BCUT2D eigenvalue weighted by Crippen LogP contribution is 2.43. The van der Waals surface area contributed by atoms with Crippen molar-refractivity contribution in [2.75, 3.05) is 40.9 Å². The van der Waals surface area contributed by atoms with E-state index in [2.05, 4.69) is 19.2 Å². The van der Waals surface area contributed by atoms with Gasteiger partial charge in [-0.1, -0.05) is 444 Å². The Balaban J connectivity index is 3.83. The van der Waals surface area contributed by atoms with Crippen LogP contribution < -0.4 is 5.32 Å². The van der Waals surface area contributed by atoms with Crippen LogP contribution >= 0.6 is 7.82 Å². The zero-order valence-corrected chi connectivity index (χ0v) is 63.1. The van der Waals surface area contributed by atoms with E-state index in [9.17, 15) is 19.4 Å². The minimum Gasteiger partial charge on any atom is -0.391 e. The summed E-state index contributed by atoms with van der Waals surface area (Å²) in [5.41, 5.74) is 0. The second-order valence-corrected chi connectivity index (χ2v) is 31.7. The Morgan fingerprint density at radius 1 is 0.333 bits per heavy atom. The largest absolute Gasteiger partial charge is 0.472 e. The van der Waals surface area contributed by atoms with Crippen molar-refractivity contribution in [3.8, 4) is 0 Å². The van der Waals surface area contributed by atoms with Crippen LogP contribution in [0.4, 0.5) is 0 Å². The van der Waals surface area contributed by atoms with Gasteiger partial charge in [0.25, 0.3) is 0 Å². The summed E-state index contributed by atoms with van der Waals surface area (Å²) in [6.45, 7) is 4.98. The molecule has 8 nitrogen and oxygen atoms in total. The van der Waals surface area contributed by atoms with Gasteiger partial charge in [-0.05, 0) is 12.8 Å². The normalized spacial score (nSPS) is 13.4. The maximum atomic E-state index is 13.1. The van der Waals surface area contributed by atoms with Gasteiger partial charge in [0, 0.05) is 6.42 Å². The van der Waals surface area contributed by atoms with Crippen molar-refractivity contribution in [2.24, 2.45) is 0 Å². The molecule has 0 radical (unpaired) electrons. The van der Waals surface area contributed by atoms with Gasteiger partial charge in [-0.3, -0.25) is 13.8 Å². The van der Waals surface area contributed by atoms with Crippen LogP contribution in [0.15, 0.2) is 0 Å². The molecular formula is C81H166N2O6P+. The second kappa shape index (κ2) is 72.8. The van der Waals surface area contributed by atoms with Crippen LogP contribution in [0.25, 0.3) is 0 Å². The fraction of sp³-hybridized carbons (Fsp3) is 0.988. The molecule has 0 saturated heterocycles. The molecule has 0 bridgehead atoms. The Morgan fingerprint density at radius 2 is 0.533 bits per heavy atom. The van der Waals surface area contributed by atoms with Crippen LogP contribution in [0.2, 0.25) is 0 Å². The molecule has 0 saturated carbocycles. The standard InChI is InChI=1S/C81H165N2O6P/c1-6-8-10-12-14-16-18-20-22-24-26-28-30-32-34-35-36-37-38-39-40-41-42-43-44-45-46-47-49-51-53-55-57-59-61-63-65-67-69-71-73-75-81(85)82-79(78-89-90(86,87)88-77-76-83(3,4)5)80(84)74-72-70-68-66-64-62-60-58-56-54-52-50-48-33-31-29-27-25-23-21-19-17-15-13-11-9-7-2/h79-80,84H,6-78H2,1-5H3,(H-,82,85,86,87)/p+1. The Morgan fingerprint density at radius 3 is 0.744 bits per heavy atom. The number of carbonyl (C=O) groups is 1. The smallest absolute Gasteiger partial charge is 0.391 e. The molecule has 90 heavy (non-hydrogen) atoms. The predicted octanol–water partition coefficient (Wildman–Crippen LogP) is 27.0. The third kappa shape index (κ3) is 74.9. The van der Waals surface area contributed by atoms with Gasteiger partial charge in [-0.15, -0.1) is 0 Å². The van der Waals surface area contributed by atoms with E-state index in [-0.39, 0.29) is 19.1 Å². The third-order valence-corrected chi connectivity index (χ3v) is 20.8. The van der Waals surface area contributed by atoms with E-state index in [1.807, 2.05) is 21.1 Å². The van der Waals surface area contributed by atoms with Crippen molar-refractivity contribution in [3.05, 3.63) is 0 Å². The van der Waals surface area contributed by atoms with Gasteiger partial charge in [0.1, 0.15) is 13.2 Å². The lowest BCUT2D eigenvalue weighted by Gasteiger charge is -2.26. The number of quaternary nitrogens is 1. The summed E-state index contributed by atoms with van der Waals surface area (Å²) < 4.78 is 24.0. The number of aliphatic hydroxyl groups is 1. The zero-order chi connectivity index (χ0) is 65.5. The van der Waals surface area contributed by atoms with E-state index in [0.29, 0.717) is 23.9 Å². The van der Waals surface area contributed by atoms with Crippen molar-refractivity contribution >= 4 is 13.7 Å². The number of hydrogen-bond acceptors (Lipinski definition) is 5. The first-order chi connectivity index (χ1) is 44.0. The van der Waals surface area contributed by atoms with Crippen LogP contribution in [-0.4, -0.2) is 73.4 Å². The molecule has 0 spiro atoms. The van der Waals surface area contributed by atoms with E-state index in [4.69, 9.17) is 9.05 Å². The number of phosphoric ester groups is 1. The van der Waals surface area contributed by atoms with Crippen LogP contribution in [0, 0.1) is 0 Å². The minimum atomic E-state index is -4.33. The number of nitrogens with zero attached hydrogens (tertiary/aromatic N) is 1. The van der Waals surface area contributed by atoms with Crippen molar-refractivity contribution in [2.45, 2.75) is 475 Å². The molecule has 0 aliphatic carbocycles. The Bertz CT molecular complexity index is 1430. The predicted molar refractivity (Wildman–Crippen MR) is 397 cm³/mol. The SMILES string of the molecule is CCCCCCCCCCCCCCCCCCCCCCCCCCCCCCCCCCCCCCCCCCCC(=O)NC(COP(=O)(O)OCC[N+](C)(C)C)C(O)CCCCCCCCCCCCCCCCCCCCCCCCCCCCC. The quantitative estimate of drug-likeness (QED) is 0.0318. The molecule has 3 N–H and O–H groups in total. The molecule has 0 aromatic heterocycles. The summed E-state index contributed by atoms with van der Waals surface area (Å²) in [4.78, 5) is 23.5. The number of aliphatic hydroxyl groups excluding tert-OH is 1. The van der Waals surface area contributed by atoms with Crippen molar-refractivity contribution in [1.82, 2.24) is 5.32 Å². The molecular weight excluding hydrogens is 1130 g/mol. The van der Waals surface area contributed by atoms with E-state index in [0.717, 1.165) is 38.5 Å². The summed E-state index contributed by atoms with van der Waals surface area (Å²) in [6.07, 6.45) is 94.2. The fourth-order valence-electron chi connectivity index (χ4n) is 13.5. The number of amides is 1. The number of hydrogen-bond donors (Lipinski definition) is 3. The van der Waals surface area contributed by atoms with Gasteiger partial charge in [0.05, 0.1) is 39.9 Å². The number of carbonyl (C=O) groups excluding carboxylic acids is 1. The average Bonchev–Trinajstić information content (AvgIpc) is 3.09. The summed E-state index contributed by atoms with van der Waals surface area (Å²) in [6, 6.07) is -0.758. The second-order valence-electron chi connectivity index (χ2n) is 30.2. The molecule has 0 heterocycles. The maximum Gasteiger partial charge on any atom is 0.472 e. The average molecular weight is 1300 g/mol. The van der Waals surface area contributed by atoms with Gasteiger partial charge in [-0.2, -0.15) is 0 Å². The fourth-order valence-corrected chi connectivity index (χ4v) is 14.2. The van der Waals surface area contributed by atoms with Gasteiger partial charge in [-0.25, -0.2) is 4.57 Å². The zero-order valence-electron chi connectivity index (χ0n) is 62.2. The van der Waals surface area contributed by atoms with E-state index in [1.165, 1.54) is 398 Å². The summed E-state index contributed by atoms with van der Waals surface area (Å²) in [5.74, 6) is -0.131. The highest BCUT2D eigenvalue weighted by Gasteiger charge is 2.28. The monoisotopic (exact) mass is 1290 g/mol. The summed E-state index contributed by atoms with van der Waals surface area (Å²) in [5, 5.41) is 14.2. The minimum absolute atomic E-state index is 0.0796. The van der Waals surface area contributed by atoms with Crippen LogP contribution in [0.5, 0.6) is 0 Å². The lowest BCUT2D eigenvalue weighted by Crippen LogP contribution is -2.46. The topological polar surface area (TPSA) is 105 Å². The van der Waals surface area contributed by atoms with E-state index in [1.54, 1.807) is 0 Å². The Labute approximate surface area is 565 Å². The lowest BCUT2D eigenvalue weighted by atomic mass is 10.0. The number of rotatable bonds is 79. The molecule has 0 fully saturated rings.